The van der Waals surface area contributed by atoms with Gasteiger partial charge in [-0.15, -0.1) is 0 Å². The number of rotatable bonds is 6. The minimum absolute atomic E-state index is 0.211. The maximum Gasteiger partial charge on any atom is 0.226 e. The van der Waals surface area contributed by atoms with E-state index in [2.05, 4.69) is 9.88 Å². The topological polar surface area (TPSA) is 58.7 Å². The quantitative estimate of drug-likeness (QED) is 0.888. The van der Waals surface area contributed by atoms with Crippen molar-refractivity contribution in [1.82, 2.24) is 9.88 Å². The summed E-state index contributed by atoms with van der Waals surface area (Å²) in [6.45, 7) is 6.53. The summed E-state index contributed by atoms with van der Waals surface area (Å²) in [7, 11) is 0. The SMILES string of the molecule is CCOc1ccc(-c2nc(CN3CCC[C@H]3CO)c(C)o2)cc1. The van der Waals surface area contributed by atoms with Crippen molar-refractivity contribution in [3.8, 4) is 17.2 Å². The molecule has 0 spiro atoms. The molecule has 1 N–H and O–H groups in total. The number of hydrogen-bond acceptors (Lipinski definition) is 5. The molecule has 5 heteroatoms. The van der Waals surface area contributed by atoms with Crippen LogP contribution in [0.1, 0.15) is 31.2 Å². The third-order valence-corrected chi connectivity index (χ3v) is 4.37. The maximum atomic E-state index is 9.44. The van der Waals surface area contributed by atoms with E-state index >= 15 is 0 Å². The normalized spacial score (nSPS) is 18.5. The molecule has 0 unspecified atom stereocenters. The first kappa shape index (κ1) is 16.0. The maximum absolute atomic E-state index is 9.44. The number of aryl methyl sites for hydroxylation is 1. The first-order chi connectivity index (χ1) is 11.2. The Hall–Kier alpha value is -1.85. The van der Waals surface area contributed by atoms with Gasteiger partial charge in [0.1, 0.15) is 11.5 Å². The van der Waals surface area contributed by atoms with Crippen LogP contribution < -0.4 is 4.74 Å². The summed E-state index contributed by atoms with van der Waals surface area (Å²) < 4.78 is 11.3. The predicted octanol–water partition coefficient (Wildman–Crippen LogP) is 3.01. The zero-order valence-electron chi connectivity index (χ0n) is 13.8. The summed E-state index contributed by atoms with van der Waals surface area (Å²) in [5, 5.41) is 9.44. The third-order valence-electron chi connectivity index (χ3n) is 4.37. The lowest BCUT2D eigenvalue weighted by atomic mass is 10.2. The smallest absolute Gasteiger partial charge is 0.226 e. The van der Waals surface area contributed by atoms with Crippen molar-refractivity contribution in [2.45, 2.75) is 39.3 Å². The molecule has 0 saturated carbocycles. The first-order valence-electron chi connectivity index (χ1n) is 8.25. The number of aliphatic hydroxyl groups is 1. The number of benzene rings is 1. The molecule has 0 aliphatic carbocycles. The van der Waals surface area contributed by atoms with Crippen molar-refractivity contribution in [1.29, 1.82) is 0 Å². The van der Waals surface area contributed by atoms with Gasteiger partial charge in [0.05, 0.1) is 18.9 Å². The van der Waals surface area contributed by atoms with Crippen LogP contribution in [0.3, 0.4) is 0 Å². The standard InChI is InChI=1S/C18H24N2O3/c1-3-22-16-8-6-14(7-9-16)18-19-17(13(2)23-18)11-20-10-4-5-15(20)12-21/h6-9,15,21H,3-5,10-12H2,1-2H3/t15-/m0/s1. The van der Waals surface area contributed by atoms with Crippen LogP contribution in [0.15, 0.2) is 28.7 Å². The number of nitrogens with zero attached hydrogens (tertiary/aromatic N) is 2. The molecule has 5 nitrogen and oxygen atoms in total. The number of oxazole rings is 1. The number of ether oxygens (including phenoxy) is 1. The van der Waals surface area contributed by atoms with E-state index in [9.17, 15) is 5.11 Å². The highest BCUT2D eigenvalue weighted by atomic mass is 16.5. The molecule has 1 aromatic carbocycles. The van der Waals surface area contributed by atoms with Crippen LogP contribution in [0.4, 0.5) is 0 Å². The summed E-state index contributed by atoms with van der Waals surface area (Å²) in [5.41, 5.74) is 1.90. The second-order valence-electron chi connectivity index (χ2n) is 5.93. The van der Waals surface area contributed by atoms with E-state index in [1.54, 1.807) is 0 Å². The lowest BCUT2D eigenvalue weighted by Crippen LogP contribution is -2.31. The lowest BCUT2D eigenvalue weighted by molar-refractivity contribution is 0.152. The van der Waals surface area contributed by atoms with Crippen molar-refractivity contribution < 1.29 is 14.3 Å². The van der Waals surface area contributed by atoms with Gasteiger partial charge in [0.25, 0.3) is 0 Å². The number of likely N-dealkylation sites (tertiary alicyclic amines) is 1. The fourth-order valence-corrected chi connectivity index (χ4v) is 3.06. The zero-order valence-corrected chi connectivity index (χ0v) is 13.8. The van der Waals surface area contributed by atoms with E-state index in [0.29, 0.717) is 12.5 Å². The average Bonchev–Trinajstić information content (AvgIpc) is 3.16. The monoisotopic (exact) mass is 316 g/mol. The van der Waals surface area contributed by atoms with E-state index in [1.165, 1.54) is 0 Å². The van der Waals surface area contributed by atoms with Crippen LogP contribution in [0.2, 0.25) is 0 Å². The predicted molar refractivity (Wildman–Crippen MR) is 88.4 cm³/mol. The van der Waals surface area contributed by atoms with Crippen LogP contribution in [0, 0.1) is 6.92 Å². The zero-order chi connectivity index (χ0) is 16.2. The molecule has 2 aromatic rings. The Labute approximate surface area is 136 Å². The van der Waals surface area contributed by atoms with Gasteiger partial charge < -0.3 is 14.3 Å². The van der Waals surface area contributed by atoms with Crippen LogP contribution in [-0.4, -0.2) is 40.8 Å². The largest absolute Gasteiger partial charge is 0.494 e. The second kappa shape index (κ2) is 7.15. The number of hydrogen-bond donors (Lipinski definition) is 1. The molecule has 1 aliphatic heterocycles. The number of aliphatic hydroxyl groups excluding tert-OH is 1. The fourth-order valence-electron chi connectivity index (χ4n) is 3.06. The van der Waals surface area contributed by atoms with E-state index < -0.39 is 0 Å². The van der Waals surface area contributed by atoms with Gasteiger partial charge in [-0.05, 0) is 57.5 Å². The molecule has 3 rings (SSSR count). The highest BCUT2D eigenvalue weighted by Crippen LogP contribution is 2.26. The molecule has 0 amide bonds. The average molecular weight is 316 g/mol. The Morgan fingerprint density at radius 1 is 1.35 bits per heavy atom. The van der Waals surface area contributed by atoms with Gasteiger partial charge in [-0.3, -0.25) is 4.90 Å². The molecule has 1 aliphatic rings. The minimum atomic E-state index is 0.211. The first-order valence-corrected chi connectivity index (χ1v) is 8.25. The summed E-state index contributed by atoms with van der Waals surface area (Å²) >= 11 is 0. The molecule has 0 radical (unpaired) electrons. The van der Waals surface area contributed by atoms with Crippen LogP contribution in [-0.2, 0) is 6.54 Å². The van der Waals surface area contributed by atoms with E-state index in [0.717, 1.165) is 48.7 Å². The summed E-state index contributed by atoms with van der Waals surface area (Å²) in [4.78, 5) is 6.94. The lowest BCUT2D eigenvalue weighted by Gasteiger charge is -2.21. The molecular formula is C18H24N2O3. The molecule has 1 saturated heterocycles. The Morgan fingerprint density at radius 3 is 2.83 bits per heavy atom. The summed E-state index contributed by atoms with van der Waals surface area (Å²) in [5.74, 6) is 2.33. The van der Waals surface area contributed by atoms with Gasteiger partial charge in [-0.25, -0.2) is 4.98 Å². The third kappa shape index (κ3) is 3.57. The van der Waals surface area contributed by atoms with Crippen LogP contribution in [0.5, 0.6) is 5.75 Å². The van der Waals surface area contributed by atoms with Crippen molar-refractivity contribution >= 4 is 0 Å². The van der Waals surface area contributed by atoms with E-state index in [-0.39, 0.29) is 12.6 Å². The molecule has 2 heterocycles. The summed E-state index contributed by atoms with van der Waals surface area (Å²) in [6.07, 6.45) is 2.19. The fraction of sp³-hybridized carbons (Fsp3) is 0.500. The van der Waals surface area contributed by atoms with Crippen molar-refractivity contribution in [2.24, 2.45) is 0 Å². The summed E-state index contributed by atoms with van der Waals surface area (Å²) in [6, 6.07) is 8.04. The van der Waals surface area contributed by atoms with Gasteiger partial charge in [-0.2, -0.15) is 0 Å². The molecule has 1 fully saturated rings. The van der Waals surface area contributed by atoms with Crippen molar-refractivity contribution in [3.63, 3.8) is 0 Å². The van der Waals surface area contributed by atoms with E-state index in [1.807, 2.05) is 38.1 Å². The van der Waals surface area contributed by atoms with Gasteiger partial charge in [-0.1, -0.05) is 0 Å². The highest BCUT2D eigenvalue weighted by Gasteiger charge is 2.25. The molecule has 124 valence electrons. The molecule has 0 bridgehead atoms. The Kier molecular flexibility index (Phi) is 4.98. The van der Waals surface area contributed by atoms with Crippen molar-refractivity contribution in [3.05, 3.63) is 35.7 Å². The molecule has 23 heavy (non-hydrogen) atoms. The molecular weight excluding hydrogens is 292 g/mol. The van der Waals surface area contributed by atoms with Gasteiger partial charge >= 0.3 is 0 Å². The van der Waals surface area contributed by atoms with Gasteiger partial charge in [0.2, 0.25) is 5.89 Å². The Balaban J connectivity index is 1.75. The van der Waals surface area contributed by atoms with Crippen molar-refractivity contribution in [2.75, 3.05) is 19.8 Å². The second-order valence-corrected chi connectivity index (χ2v) is 5.93. The highest BCUT2D eigenvalue weighted by molar-refractivity contribution is 5.55. The van der Waals surface area contributed by atoms with Gasteiger partial charge in [0.15, 0.2) is 0 Å². The van der Waals surface area contributed by atoms with Crippen LogP contribution in [0.25, 0.3) is 11.5 Å². The minimum Gasteiger partial charge on any atom is -0.494 e. The Morgan fingerprint density at radius 2 is 2.13 bits per heavy atom. The van der Waals surface area contributed by atoms with Gasteiger partial charge in [0, 0.05) is 18.2 Å². The molecule has 1 atom stereocenters. The van der Waals surface area contributed by atoms with Crippen LogP contribution >= 0.6 is 0 Å². The number of aromatic nitrogens is 1. The molecule has 1 aromatic heterocycles. The van der Waals surface area contributed by atoms with E-state index in [4.69, 9.17) is 9.15 Å². The Bertz CT molecular complexity index is 636.